The molecule has 7 nitrogen and oxygen atoms in total. The summed E-state index contributed by atoms with van der Waals surface area (Å²) in [5.74, 6) is 0.0742. The van der Waals surface area contributed by atoms with Gasteiger partial charge in [0.2, 0.25) is 5.91 Å². The van der Waals surface area contributed by atoms with Gasteiger partial charge in [0.25, 0.3) is 0 Å². The molecule has 0 aliphatic carbocycles. The summed E-state index contributed by atoms with van der Waals surface area (Å²) in [7, 11) is 0. The van der Waals surface area contributed by atoms with Crippen LogP contribution in [0.15, 0.2) is 12.7 Å². The van der Waals surface area contributed by atoms with Crippen LogP contribution in [0.5, 0.6) is 0 Å². The van der Waals surface area contributed by atoms with Gasteiger partial charge >= 0.3 is 0 Å². The van der Waals surface area contributed by atoms with Crippen molar-refractivity contribution in [3.05, 3.63) is 28.0 Å². The average Bonchev–Trinajstić information content (AvgIpc) is 2.27. The highest BCUT2D eigenvalue weighted by molar-refractivity contribution is 5.86. The third kappa shape index (κ3) is 5.97. The van der Waals surface area contributed by atoms with Gasteiger partial charge in [-0.2, -0.15) is 0 Å². The summed E-state index contributed by atoms with van der Waals surface area (Å²) in [6.45, 7) is 10.7. The van der Waals surface area contributed by atoms with Crippen molar-refractivity contribution >= 4 is 5.91 Å². The summed E-state index contributed by atoms with van der Waals surface area (Å²) in [5.41, 5.74) is 0. The zero-order valence-electron chi connectivity index (χ0n) is 9.35. The third-order valence-electron chi connectivity index (χ3n) is 2.46. The van der Waals surface area contributed by atoms with E-state index in [2.05, 4.69) is 13.5 Å². The van der Waals surface area contributed by atoms with Gasteiger partial charge in [-0.25, -0.2) is 0 Å². The molecule has 1 saturated heterocycles. The number of hydrogen-bond acceptors (Lipinski definition) is 4. The zero-order chi connectivity index (χ0) is 12.6. The molecule has 1 aliphatic rings. The molecule has 1 amide bonds. The molecule has 0 bridgehead atoms. The molecule has 1 aliphatic heterocycles. The maximum atomic E-state index is 11.2. The van der Waals surface area contributed by atoms with E-state index in [9.17, 15) is 4.79 Å². The fourth-order valence-electron chi connectivity index (χ4n) is 1.53. The second-order valence-corrected chi connectivity index (χ2v) is 3.36. The minimum atomic E-state index is -1.75. The number of quaternary nitrogens is 1. The molecular weight excluding hydrogens is 214 g/mol. The Morgan fingerprint density at radius 3 is 2.25 bits per heavy atom. The molecule has 7 heteroatoms. The van der Waals surface area contributed by atoms with Crippen LogP contribution in [-0.4, -0.2) is 48.6 Å². The zero-order valence-corrected chi connectivity index (χ0v) is 9.35. The molecule has 0 atom stereocenters. The number of nitrogens with zero attached hydrogens (tertiary/aromatic N) is 2. The average molecular weight is 231 g/mol. The van der Waals surface area contributed by atoms with Crippen LogP contribution < -0.4 is 4.90 Å². The van der Waals surface area contributed by atoms with Gasteiger partial charge in [-0.1, -0.05) is 6.58 Å². The Morgan fingerprint density at radius 2 is 1.94 bits per heavy atom. The maximum absolute atomic E-state index is 11.2. The number of amides is 1. The van der Waals surface area contributed by atoms with Crippen LogP contribution in [0.1, 0.15) is 6.92 Å². The lowest BCUT2D eigenvalue weighted by atomic mass is 10.3. The highest BCUT2D eigenvalue weighted by atomic mass is 16.9. The van der Waals surface area contributed by atoms with Crippen molar-refractivity contribution in [2.24, 2.45) is 0 Å². The van der Waals surface area contributed by atoms with E-state index in [1.165, 1.54) is 6.08 Å². The predicted octanol–water partition coefficient (Wildman–Crippen LogP) is -1.32. The first-order chi connectivity index (χ1) is 7.51. The number of hydrogen-bond donors (Lipinski definition) is 1. The standard InChI is InChI=1S/C9H16N2O.NO3/c1-3-9(12)11-7-5-10(4-2)6-8-11;2-1(3)4/h3H,1,4-8H2,2H3;/q;-1/p+1. The van der Waals surface area contributed by atoms with E-state index in [0.717, 1.165) is 32.7 Å². The molecule has 0 aromatic rings. The van der Waals surface area contributed by atoms with Crippen LogP contribution in [0, 0.1) is 15.3 Å². The molecule has 1 N–H and O–H groups in total. The van der Waals surface area contributed by atoms with Crippen molar-refractivity contribution in [2.45, 2.75) is 6.92 Å². The molecule has 0 spiro atoms. The van der Waals surface area contributed by atoms with Crippen molar-refractivity contribution in [3.63, 3.8) is 0 Å². The number of carbonyl (C=O) groups excluding carboxylic acids is 1. The van der Waals surface area contributed by atoms with Crippen LogP contribution >= 0.6 is 0 Å². The van der Waals surface area contributed by atoms with E-state index < -0.39 is 5.09 Å². The summed E-state index contributed by atoms with van der Waals surface area (Å²) in [6, 6.07) is 0. The van der Waals surface area contributed by atoms with E-state index in [-0.39, 0.29) is 5.91 Å². The molecule has 0 saturated carbocycles. The molecule has 16 heavy (non-hydrogen) atoms. The molecule has 0 unspecified atom stereocenters. The van der Waals surface area contributed by atoms with Crippen molar-refractivity contribution in [3.8, 4) is 0 Å². The molecule has 0 aromatic heterocycles. The topological polar surface area (TPSA) is 91.0 Å². The van der Waals surface area contributed by atoms with E-state index in [4.69, 9.17) is 15.3 Å². The first kappa shape index (κ1) is 14.4. The number of piperazine rings is 1. The Hall–Kier alpha value is -1.63. The summed E-state index contributed by atoms with van der Waals surface area (Å²) < 4.78 is 0. The Balaban J connectivity index is 0.000000487. The molecule has 1 rings (SSSR count). The number of carbonyl (C=O) groups is 1. The molecular formula is C9H17N3O4. The smallest absolute Gasteiger partial charge is 0.246 e. The van der Waals surface area contributed by atoms with Gasteiger partial charge in [0.1, 0.15) is 0 Å². The summed E-state index contributed by atoms with van der Waals surface area (Å²) in [4.78, 5) is 22.9. The first-order valence-electron chi connectivity index (χ1n) is 5.07. The normalized spacial score (nSPS) is 15.9. The summed E-state index contributed by atoms with van der Waals surface area (Å²) in [6.07, 6.45) is 1.40. The van der Waals surface area contributed by atoms with Crippen LogP contribution in [0.3, 0.4) is 0 Å². The van der Waals surface area contributed by atoms with Gasteiger partial charge in [0.05, 0.1) is 37.8 Å². The van der Waals surface area contributed by atoms with Crippen molar-refractivity contribution in [1.82, 2.24) is 4.90 Å². The van der Waals surface area contributed by atoms with Crippen LogP contribution in [0.25, 0.3) is 0 Å². The lowest BCUT2D eigenvalue weighted by molar-refractivity contribution is -0.902. The van der Waals surface area contributed by atoms with Gasteiger partial charge in [-0.05, 0) is 13.0 Å². The monoisotopic (exact) mass is 231 g/mol. The fourth-order valence-corrected chi connectivity index (χ4v) is 1.53. The predicted molar refractivity (Wildman–Crippen MR) is 58.4 cm³/mol. The number of nitrogens with one attached hydrogen (secondary N) is 1. The van der Waals surface area contributed by atoms with Gasteiger partial charge in [0.15, 0.2) is 0 Å². The lowest BCUT2D eigenvalue weighted by Crippen LogP contribution is -3.14. The van der Waals surface area contributed by atoms with E-state index in [1.807, 2.05) is 4.90 Å². The highest BCUT2D eigenvalue weighted by Crippen LogP contribution is 1.90. The van der Waals surface area contributed by atoms with Gasteiger partial charge in [-0.15, -0.1) is 0 Å². The largest absolute Gasteiger partial charge is 0.356 e. The van der Waals surface area contributed by atoms with Crippen molar-refractivity contribution in [2.75, 3.05) is 32.7 Å². The second-order valence-electron chi connectivity index (χ2n) is 3.36. The lowest BCUT2D eigenvalue weighted by Gasteiger charge is -2.30. The minimum Gasteiger partial charge on any atom is -0.356 e. The molecule has 0 aromatic carbocycles. The minimum absolute atomic E-state index is 0.0742. The van der Waals surface area contributed by atoms with Gasteiger partial charge in [-0.3, -0.25) is 4.79 Å². The Kier molecular flexibility index (Phi) is 6.86. The molecule has 1 heterocycles. The second kappa shape index (κ2) is 7.63. The fraction of sp³-hybridized carbons (Fsp3) is 0.667. The molecule has 0 radical (unpaired) electrons. The van der Waals surface area contributed by atoms with Gasteiger partial charge in [0, 0.05) is 0 Å². The highest BCUT2D eigenvalue weighted by Gasteiger charge is 2.20. The SMILES string of the molecule is C=CC(=O)N1CC[NH+](CC)CC1.O=[N+]([O-])[O-]. The Morgan fingerprint density at radius 1 is 1.50 bits per heavy atom. The maximum Gasteiger partial charge on any atom is 0.246 e. The first-order valence-corrected chi connectivity index (χ1v) is 5.07. The van der Waals surface area contributed by atoms with Crippen LogP contribution in [-0.2, 0) is 4.79 Å². The van der Waals surface area contributed by atoms with E-state index >= 15 is 0 Å². The van der Waals surface area contributed by atoms with E-state index in [1.54, 1.807) is 4.90 Å². The Labute approximate surface area is 94.1 Å². The van der Waals surface area contributed by atoms with Crippen molar-refractivity contribution < 1.29 is 14.8 Å². The Bertz CT molecular complexity index is 245. The number of likely N-dealkylation sites (N-methyl/N-ethyl adjacent to an activating group) is 1. The van der Waals surface area contributed by atoms with Gasteiger partial charge < -0.3 is 25.1 Å². The number of rotatable bonds is 2. The molecule has 92 valence electrons. The third-order valence-corrected chi connectivity index (χ3v) is 2.46. The van der Waals surface area contributed by atoms with Crippen LogP contribution in [0.2, 0.25) is 0 Å². The van der Waals surface area contributed by atoms with Crippen LogP contribution in [0.4, 0.5) is 0 Å². The summed E-state index contributed by atoms with van der Waals surface area (Å²) in [5, 5.41) is 14.8. The summed E-state index contributed by atoms with van der Waals surface area (Å²) >= 11 is 0. The van der Waals surface area contributed by atoms with E-state index in [0.29, 0.717) is 0 Å². The van der Waals surface area contributed by atoms with Crippen molar-refractivity contribution in [1.29, 1.82) is 0 Å². The quantitative estimate of drug-likeness (QED) is 0.362. The molecule has 1 fully saturated rings.